The fourth-order valence-electron chi connectivity index (χ4n) is 4.46. The van der Waals surface area contributed by atoms with Crippen LogP contribution in [-0.4, -0.2) is 36.6 Å². The lowest BCUT2D eigenvalue weighted by molar-refractivity contribution is -0.179. The van der Waals surface area contributed by atoms with E-state index < -0.39 is 0 Å². The Bertz CT molecular complexity index is 269. The van der Waals surface area contributed by atoms with Crippen LogP contribution in [0.2, 0.25) is 0 Å². The van der Waals surface area contributed by atoms with E-state index in [9.17, 15) is 0 Å². The van der Waals surface area contributed by atoms with Gasteiger partial charge in [-0.3, -0.25) is 0 Å². The Balaban J connectivity index is 1.78. The van der Waals surface area contributed by atoms with E-state index in [1.54, 1.807) is 0 Å². The van der Waals surface area contributed by atoms with Gasteiger partial charge in [0.2, 0.25) is 0 Å². The predicted molar refractivity (Wildman–Crippen MR) is 55.0 cm³/mol. The summed E-state index contributed by atoms with van der Waals surface area (Å²) in [5.41, 5.74) is 0. The van der Waals surface area contributed by atoms with Gasteiger partial charge in [-0.25, -0.2) is 4.90 Å². The second-order valence-electron chi connectivity index (χ2n) is 5.88. The molecular weight excluding hydrogens is 190 g/mol. The van der Waals surface area contributed by atoms with Crippen LogP contribution in [0.25, 0.3) is 0 Å². The summed E-state index contributed by atoms with van der Waals surface area (Å²) in [6.45, 7) is 6.49. The first-order chi connectivity index (χ1) is 7.27. The Kier molecular flexibility index (Phi) is 1.65. The second kappa shape index (κ2) is 2.76. The van der Waals surface area contributed by atoms with Crippen molar-refractivity contribution in [2.24, 2.45) is 23.7 Å². The molecule has 0 aromatic carbocycles. The Morgan fingerprint density at radius 3 is 1.93 bits per heavy atom. The first-order valence-corrected chi connectivity index (χ1v) is 6.28. The van der Waals surface area contributed by atoms with E-state index in [-0.39, 0.29) is 0 Å². The summed E-state index contributed by atoms with van der Waals surface area (Å²) in [6, 6.07) is 0.542. The molecule has 15 heavy (non-hydrogen) atoms. The molecule has 0 radical (unpaired) electrons. The highest BCUT2D eigenvalue weighted by Crippen LogP contribution is 2.58. The third-order valence-corrected chi connectivity index (χ3v) is 5.03. The van der Waals surface area contributed by atoms with Crippen molar-refractivity contribution >= 4 is 0 Å². The van der Waals surface area contributed by atoms with Crippen molar-refractivity contribution in [1.82, 2.24) is 4.90 Å². The monoisotopic (exact) mass is 209 g/mol. The van der Waals surface area contributed by atoms with Crippen LogP contribution in [-0.2, 0) is 9.47 Å². The Morgan fingerprint density at radius 1 is 0.933 bits per heavy atom. The maximum absolute atomic E-state index is 6.01. The lowest BCUT2D eigenvalue weighted by Gasteiger charge is -2.44. The maximum Gasteiger partial charge on any atom is 0.116 e. The van der Waals surface area contributed by atoms with Crippen molar-refractivity contribution in [1.29, 1.82) is 0 Å². The molecule has 1 aliphatic carbocycles. The molecule has 4 rings (SSSR count). The fraction of sp³-hybridized carbons (Fsp3) is 1.00. The summed E-state index contributed by atoms with van der Waals surface area (Å²) in [5.74, 6) is 3.22. The van der Waals surface area contributed by atoms with E-state index in [1.807, 2.05) is 0 Å². The Hall–Kier alpha value is -0.120. The van der Waals surface area contributed by atoms with Crippen LogP contribution >= 0.6 is 0 Å². The molecule has 0 unspecified atom stereocenters. The van der Waals surface area contributed by atoms with Crippen LogP contribution < -0.4 is 0 Å². The van der Waals surface area contributed by atoms with Gasteiger partial charge in [0, 0.05) is 17.9 Å². The number of nitrogens with zero attached hydrogens (tertiary/aromatic N) is 1. The molecule has 6 atom stereocenters. The molecular formula is C12H19NO2. The third kappa shape index (κ3) is 0.931. The lowest BCUT2D eigenvalue weighted by Crippen LogP contribution is -2.54. The normalized spacial score (nSPS) is 57.0. The van der Waals surface area contributed by atoms with E-state index in [2.05, 4.69) is 18.7 Å². The number of likely N-dealkylation sites (tertiary alicyclic amines) is 1. The SMILES string of the molecule is CC(C)N1[C@@H]2OC[C@@H]3[C@@H]4CO[C@H]1[C@@H]4C[C@@H]32. The fourth-order valence-corrected chi connectivity index (χ4v) is 4.46. The molecule has 3 saturated heterocycles. The molecule has 3 nitrogen and oxygen atoms in total. The minimum absolute atomic E-state index is 0.363. The smallest absolute Gasteiger partial charge is 0.116 e. The van der Waals surface area contributed by atoms with Gasteiger partial charge in [-0.15, -0.1) is 0 Å². The molecule has 3 heteroatoms. The van der Waals surface area contributed by atoms with Crippen LogP contribution in [0, 0.1) is 23.7 Å². The third-order valence-electron chi connectivity index (χ3n) is 5.03. The standard InChI is InChI=1S/C12H19NO2/c1-6(2)13-11-7-3-8-10(5-15-12(8)13)9(7)4-14-11/h6-12H,3-5H2,1-2H3/t7-,8+,9-,10+,11+,12-. The van der Waals surface area contributed by atoms with Gasteiger partial charge in [0.05, 0.1) is 13.2 Å². The van der Waals surface area contributed by atoms with Gasteiger partial charge in [-0.1, -0.05) is 0 Å². The van der Waals surface area contributed by atoms with Gasteiger partial charge < -0.3 is 9.47 Å². The van der Waals surface area contributed by atoms with Crippen LogP contribution in [0.15, 0.2) is 0 Å². The van der Waals surface area contributed by atoms with Gasteiger partial charge >= 0.3 is 0 Å². The minimum atomic E-state index is 0.363. The minimum Gasteiger partial charge on any atom is -0.362 e. The number of ether oxygens (including phenoxy) is 2. The molecule has 0 spiro atoms. The molecule has 0 amide bonds. The summed E-state index contributed by atoms with van der Waals surface area (Å²) in [7, 11) is 0. The zero-order valence-corrected chi connectivity index (χ0v) is 9.43. The van der Waals surface area contributed by atoms with E-state index in [1.165, 1.54) is 6.42 Å². The summed E-state index contributed by atoms with van der Waals surface area (Å²) in [5, 5.41) is 0. The highest BCUT2D eigenvalue weighted by atomic mass is 16.5. The quantitative estimate of drug-likeness (QED) is 0.649. The topological polar surface area (TPSA) is 21.7 Å². The zero-order valence-electron chi connectivity index (χ0n) is 9.43. The number of hydrogen-bond donors (Lipinski definition) is 0. The molecule has 1 saturated carbocycles. The average molecular weight is 209 g/mol. The molecule has 0 N–H and O–H groups in total. The molecule has 4 fully saturated rings. The summed E-state index contributed by atoms with van der Waals surface area (Å²) in [6.07, 6.45) is 2.08. The van der Waals surface area contributed by atoms with E-state index in [4.69, 9.17) is 9.47 Å². The average Bonchev–Trinajstić information content (AvgIpc) is 2.81. The van der Waals surface area contributed by atoms with Crippen molar-refractivity contribution in [2.45, 2.75) is 38.8 Å². The first-order valence-electron chi connectivity index (χ1n) is 6.28. The first kappa shape index (κ1) is 8.97. The van der Waals surface area contributed by atoms with Crippen LogP contribution in [0.1, 0.15) is 20.3 Å². The van der Waals surface area contributed by atoms with Gasteiger partial charge in [0.1, 0.15) is 12.5 Å². The largest absolute Gasteiger partial charge is 0.362 e. The lowest BCUT2D eigenvalue weighted by atomic mass is 9.91. The van der Waals surface area contributed by atoms with Crippen molar-refractivity contribution in [3.8, 4) is 0 Å². The molecule has 2 bridgehead atoms. The zero-order chi connectivity index (χ0) is 10.2. The van der Waals surface area contributed by atoms with Gasteiger partial charge in [0.15, 0.2) is 0 Å². The molecule has 0 aromatic rings. The van der Waals surface area contributed by atoms with Crippen molar-refractivity contribution in [2.75, 3.05) is 13.2 Å². The molecule has 84 valence electrons. The highest BCUT2D eigenvalue weighted by Gasteiger charge is 2.63. The predicted octanol–water partition coefficient (Wildman–Crippen LogP) is 1.29. The van der Waals surface area contributed by atoms with Crippen molar-refractivity contribution < 1.29 is 9.47 Å². The number of hydrogen-bond acceptors (Lipinski definition) is 3. The Morgan fingerprint density at radius 2 is 1.47 bits per heavy atom. The van der Waals surface area contributed by atoms with E-state index in [0.717, 1.165) is 36.9 Å². The number of fused-ring (bicyclic) bond motifs is 1. The Labute approximate surface area is 90.7 Å². The summed E-state index contributed by atoms with van der Waals surface area (Å²) >= 11 is 0. The molecule has 3 aliphatic heterocycles. The molecule has 3 heterocycles. The molecule has 0 aromatic heterocycles. The van der Waals surface area contributed by atoms with Gasteiger partial charge in [0.25, 0.3) is 0 Å². The highest BCUT2D eigenvalue weighted by molar-refractivity contribution is 5.07. The van der Waals surface area contributed by atoms with Crippen LogP contribution in [0.4, 0.5) is 0 Å². The van der Waals surface area contributed by atoms with Crippen LogP contribution in [0.5, 0.6) is 0 Å². The summed E-state index contributed by atoms with van der Waals surface area (Å²) < 4.78 is 12.0. The van der Waals surface area contributed by atoms with Gasteiger partial charge in [-0.2, -0.15) is 0 Å². The van der Waals surface area contributed by atoms with Crippen molar-refractivity contribution in [3.05, 3.63) is 0 Å². The maximum atomic E-state index is 6.01. The van der Waals surface area contributed by atoms with Crippen LogP contribution in [0.3, 0.4) is 0 Å². The van der Waals surface area contributed by atoms with Gasteiger partial charge in [-0.05, 0) is 32.1 Å². The second-order valence-corrected chi connectivity index (χ2v) is 5.88. The van der Waals surface area contributed by atoms with E-state index >= 15 is 0 Å². The summed E-state index contributed by atoms with van der Waals surface area (Å²) in [4.78, 5) is 2.49. The number of rotatable bonds is 1. The van der Waals surface area contributed by atoms with E-state index in [0.29, 0.717) is 18.5 Å². The molecule has 4 aliphatic rings. The number of piperidine rings is 1. The van der Waals surface area contributed by atoms with Crippen molar-refractivity contribution in [3.63, 3.8) is 0 Å².